The van der Waals surface area contributed by atoms with E-state index in [0.717, 1.165) is 41.0 Å². The Kier molecular flexibility index (Phi) is 7.66. The molecular formula is C26H27F4N3O2. The Morgan fingerprint density at radius 1 is 1.11 bits per heavy atom. The van der Waals surface area contributed by atoms with Crippen molar-refractivity contribution in [1.82, 2.24) is 15.6 Å². The molecule has 186 valence electrons. The van der Waals surface area contributed by atoms with Crippen molar-refractivity contribution in [3.63, 3.8) is 0 Å². The minimum Gasteiger partial charge on any atom is -0.475 e. The van der Waals surface area contributed by atoms with Gasteiger partial charge in [-0.15, -0.1) is 0 Å². The van der Waals surface area contributed by atoms with E-state index in [4.69, 9.17) is 9.90 Å². The quantitative estimate of drug-likeness (QED) is 0.436. The molecule has 3 N–H and O–H groups in total. The molecule has 35 heavy (non-hydrogen) atoms. The number of halogens is 4. The first-order valence-electron chi connectivity index (χ1n) is 11.6. The normalized spacial score (nSPS) is 22.3. The van der Waals surface area contributed by atoms with Gasteiger partial charge in [-0.1, -0.05) is 36.8 Å². The van der Waals surface area contributed by atoms with Gasteiger partial charge in [-0.25, -0.2) is 9.18 Å². The van der Waals surface area contributed by atoms with Gasteiger partial charge >= 0.3 is 12.1 Å². The molecule has 1 aliphatic carbocycles. The Labute approximate surface area is 200 Å². The lowest BCUT2D eigenvalue weighted by molar-refractivity contribution is -0.192. The van der Waals surface area contributed by atoms with E-state index in [1.165, 1.54) is 19.3 Å². The lowest BCUT2D eigenvalue weighted by atomic mass is 9.79. The molecular weight excluding hydrogens is 462 g/mol. The van der Waals surface area contributed by atoms with Gasteiger partial charge in [0.05, 0.1) is 11.6 Å². The van der Waals surface area contributed by atoms with E-state index >= 15 is 0 Å². The maximum atomic E-state index is 13.5. The Bertz CT molecular complexity index is 1140. The van der Waals surface area contributed by atoms with Crippen molar-refractivity contribution in [2.75, 3.05) is 13.1 Å². The van der Waals surface area contributed by atoms with Crippen LogP contribution in [0.1, 0.15) is 36.4 Å². The summed E-state index contributed by atoms with van der Waals surface area (Å²) in [6.45, 7) is 2.12. The molecule has 1 saturated heterocycles. The van der Waals surface area contributed by atoms with Crippen molar-refractivity contribution >= 4 is 16.9 Å². The monoisotopic (exact) mass is 489 g/mol. The molecule has 3 aromatic rings. The van der Waals surface area contributed by atoms with Crippen LogP contribution in [0.2, 0.25) is 0 Å². The lowest BCUT2D eigenvalue weighted by Gasteiger charge is -2.31. The van der Waals surface area contributed by atoms with E-state index < -0.39 is 12.1 Å². The number of rotatable bonds is 5. The molecule has 1 aliphatic heterocycles. The maximum absolute atomic E-state index is 13.5. The van der Waals surface area contributed by atoms with Crippen molar-refractivity contribution in [1.29, 1.82) is 0 Å². The summed E-state index contributed by atoms with van der Waals surface area (Å²) in [5, 5.41) is 15.8. The van der Waals surface area contributed by atoms with Crippen molar-refractivity contribution < 1.29 is 27.5 Å². The predicted molar refractivity (Wildman–Crippen MR) is 124 cm³/mol. The SMILES string of the molecule is Fc1ccc(C(NCC2C3CCCC2NC3)c2cnc3ccccc3c2)cc1.O=C(O)C(F)(F)F. The summed E-state index contributed by atoms with van der Waals surface area (Å²) in [5.74, 6) is -1.51. The Morgan fingerprint density at radius 2 is 1.83 bits per heavy atom. The zero-order valence-corrected chi connectivity index (χ0v) is 18.9. The molecule has 0 amide bonds. The largest absolute Gasteiger partial charge is 0.490 e. The number of nitrogens with zero attached hydrogens (tertiary/aromatic N) is 1. The van der Waals surface area contributed by atoms with Crippen molar-refractivity contribution in [2.45, 2.75) is 37.5 Å². The van der Waals surface area contributed by atoms with Crippen LogP contribution >= 0.6 is 0 Å². The first kappa shape index (κ1) is 25.1. The Balaban J connectivity index is 0.000000364. The summed E-state index contributed by atoms with van der Waals surface area (Å²) in [4.78, 5) is 13.6. The van der Waals surface area contributed by atoms with Crippen LogP contribution in [-0.4, -0.2) is 41.4 Å². The molecule has 2 aliphatic rings. The van der Waals surface area contributed by atoms with Gasteiger partial charge in [-0.2, -0.15) is 13.2 Å². The maximum Gasteiger partial charge on any atom is 0.490 e. The molecule has 5 rings (SSSR count). The Hall–Kier alpha value is -3.04. The topological polar surface area (TPSA) is 74.2 Å². The van der Waals surface area contributed by atoms with Crippen LogP contribution in [0, 0.1) is 17.7 Å². The van der Waals surface area contributed by atoms with E-state index in [1.807, 2.05) is 36.5 Å². The van der Waals surface area contributed by atoms with E-state index in [0.29, 0.717) is 12.0 Å². The molecule has 2 fully saturated rings. The molecule has 0 radical (unpaired) electrons. The number of benzene rings is 2. The molecule has 1 aromatic heterocycles. The Morgan fingerprint density at radius 3 is 2.51 bits per heavy atom. The summed E-state index contributed by atoms with van der Waals surface area (Å²) in [7, 11) is 0. The van der Waals surface area contributed by atoms with Gasteiger partial charge in [0, 0.05) is 24.2 Å². The number of carboxylic acid groups (broad SMARTS) is 1. The minimum absolute atomic E-state index is 0.0130. The van der Waals surface area contributed by atoms with Crippen LogP contribution in [0.15, 0.2) is 60.8 Å². The molecule has 5 nitrogen and oxygen atoms in total. The third kappa shape index (κ3) is 6.15. The van der Waals surface area contributed by atoms with Gasteiger partial charge in [-0.3, -0.25) is 4.98 Å². The summed E-state index contributed by atoms with van der Waals surface area (Å²) in [6.07, 6.45) is 0.822. The van der Waals surface area contributed by atoms with Gasteiger partial charge < -0.3 is 15.7 Å². The van der Waals surface area contributed by atoms with Gasteiger partial charge in [-0.05, 0) is 66.6 Å². The van der Waals surface area contributed by atoms with E-state index in [9.17, 15) is 17.6 Å². The second-order valence-electron chi connectivity index (χ2n) is 9.03. The molecule has 2 heterocycles. The number of para-hydroxylation sites is 1. The van der Waals surface area contributed by atoms with E-state index in [-0.39, 0.29) is 11.9 Å². The fourth-order valence-electron chi connectivity index (χ4n) is 5.06. The highest BCUT2D eigenvalue weighted by molar-refractivity contribution is 5.79. The zero-order chi connectivity index (χ0) is 25.0. The van der Waals surface area contributed by atoms with Crippen LogP contribution in [0.25, 0.3) is 10.9 Å². The fourth-order valence-corrected chi connectivity index (χ4v) is 5.06. The molecule has 2 bridgehead atoms. The highest BCUT2D eigenvalue weighted by atomic mass is 19.4. The van der Waals surface area contributed by atoms with Crippen LogP contribution < -0.4 is 10.6 Å². The molecule has 2 aromatic carbocycles. The number of hydrogen-bond donors (Lipinski definition) is 3. The molecule has 0 spiro atoms. The smallest absolute Gasteiger partial charge is 0.475 e. The summed E-state index contributed by atoms with van der Waals surface area (Å²) < 4.78 is 45.2. The second kappa shape index (κ2) is 10.7. The third-order valence-electron chi connectivity index (χ3n) is 6.80. The van der Waals surface area contributed by atoms with Crippen LogP contribution in [-0.2, 0) is 4.79 Å². The van der Waals surface area contributed by atoms with E-state index in [1.54, 1.807) is 12.1 Å². The number of pyridine rings is 1. The first-order chi connectivity index (χ1) is 16.7. The predicted octanol–water partition coefficient (Wildman–Crippen LogP) is 5.07. The highest BCUT2D eigenvalue weighted by Gasteiger charge is 2.39. The van der Waals surface area contributed by atoms with E-state index in [2.05, 4.69) is 27.8 Å². The average molecular weight is 490 g/mol. The highest BCUT2D eigenvalue weighted by Crippen LogP contribution is 2.35. The molecule has 1 saturated carbocycles. The van der Waals surface area contributed by atoms with Crippen molar-refractivity contribution in [2.24, 2.45) is 11.8 Å². The summed E-state index contributed by atoms with van der Waals surface area (Å²) in [5.41, 5.74) is 3.20. The number of alkyl halides is 3. The second-order valence-corrected chi connectivity index (χ2v) is 9.03. The standard InChI is InChI=1S/C24H26FN3.C2HF3O2/c25-20-10-8-16(9-11-20)24(19-12-17-4-1-2-6-22(17)26-14-19)28-15-21-18-5-3-7-23(21)27-13-18;3-2(4,5)1(6)7/h1-2,4,6,8-12,14,18,21,23-24,27-28H,3,5,7,13,15H2;(H,6,7). The van der Waals surface area contributed by atoms with Crippen molar-refractivity contribution in [3.05, 3.63) is 77.7 Å². The van der Waals surface area contributed by atoms with Gasteiger partial charge in [0.1, 0.15) is 5.82 Å². The number of aliphatic carboxylic acids is 1. The summed E-state index contributed by atoms with van der Waals surface area (Å²) in [6, 6.07) is 17.9. The number of fused-ring (bicyclic) bond motifs is 3. The van der Waals surface area contributed by atoms with Crippen LogP contribution in [0.3, 0.4) is 0 Å². The molecule has 4 unspecified atom stereocenters. The lowest BCUT2D eigenvalue weighted by Crippen LogP contribution is -2.38. The first-order valence-corrected chi connectivity index (χ1v) is 11.6. The van der Waals surface area contributed by atoms with Gasteiger partial charge in [0.25, 0.3) is 0 Å². The number of aromatic nitrogens is 1. The zero-order valence-electron chi connectivity index (χ0n) is 18.9. The third-order valence-corrected chi connectivity index (χ3v) is 6.80. The number of hydrogen-bond acceptors (Lipinski definition) is 4. The minimum atomic E-state index is -5.08. The number of carbonyl (C=O) groups is 1. The number of nitrogens with one attached hydrogen (secondary N) is 2. The van der Waals surface area contributed by atoms with Crippen LogP contribution in [0.4, 0.5) is 17.6 Å². The summed E-state index contributed by atoms with van der Waals surface area (Å²) >= 11 is 0. The van der Waals surface area contributed by atoms with Gasteiger partial charge in [0.2, 0.25) is 0 Å². The fraction of sp³-hybridized carbons (Fsp3) is 0.385. The number of carboxylic acids is 1. The molecule has 9 heteroatoms. The van der Waals surface area contributed by atoms with Gasteiger partial charge in [0.15, 0.2) is 0 Å². The van der Waals surface area contributed by atoms with Crippen molar-refractivity contribution in [3.8, 4) is 0 Å². The average Bonchev–Trinajstić information content (AvgIpc) is 3.05. The van der Waals surface area contributed by atoms with Crippen LogP contribution in [0.5, 0.6) is 0 Å². The molecule has 4 atom stereocenters.